The SMILES string of the molecule is C(COCC1CO1)OCC1CO1.O=C(O)c1cc(O)c(O)c(O)c1. The number of benzene rings is 1. The quantitative estimate of drug-likeness (QED) is 0.298. The molecule has 1 aromatic rings. The van der Waals surface area contributed by atoms with Gasteiger partial charge in [-0.3, -0.25) is 0 Å². The zero-order valence-corrected chi connectivity index (χ0v) is 12.9. The van der Waals surface area contributed by atoms with Crippen LogP contribution in [0.4, 0.5) is 0 Å². The molecule has 9 nitrogen and oxygen atoms in total. The largest absolute Gasteiger partial charge is 0.504 e. The molecule has 0 amide bonds. The van der Waals surface area contributed by atoms with Gasteiger partial charge in [0.1, 0.15) is 12.2 Å². The Bertz CT molecular complexity index is 513. The number of rotatable bonds is 8. The van der Waals surface area contributed by atoms with Crippen LogP contribution in [0, 0.1) is 0 Å². The molecule has 2 aliphatic rings. The van der Waals surface area contributed by atoms with Crippen molar-refractivity contribution in [1.82, 2.24) is 0 Å². The van der Waals surface area contributed by atoms with Crippen LogP contribution in [-0.4, -0.2) is 78.2 Å². The van der Waals surface area contributed by atoms with E-state index < -0.39 is 23.2 Å². The molecule has 3 rings (SSSR count). The Balaban J connectivity index is 0.000000174. The lowest BCUT2D eigenvalue weighted by Crippen LogP contribution is -2.10. The number of aromatic hydroxyl groups is 3. The second-order valence-corrected chi connectivity index (χ2v) is 5.23. The van der Waals surface area contributed by atoms with E-state index in [0.717, 1.165) is 25.3 Å². The maximum Gasteiger partial charge on any atom is 0.335 e. The molecule has 2 fully saturated rings. The molecule has 0 aliphatic carbocycles. The van der Waals surface area contributed by atoms with Gasteiger partial charge in [-0.2, -0.15) is 0 Å². The monoisotopic (exact) mass is 344 g/mol. The third kappa shape index (κ3) is 6.59. The van der Waals surface area contributed by atoms with Gasteiger partial charge in [0.2, 0.25) is 0 Å². The number of hydrogen-bond acceptors (Lipinski definition) is 8. The number of epoxide rings is 2. The van der Waals surface area contributed by atoms with Crippen LogP contribution in [0.2, 0.25) is 0 Å². The van der Waals surface area contributed by atoms with Crippen LogP contribution in [0.3, 0.4) is 0 Å². The molecule has 0 aromatic heterocycles. The Labute approximate surface area is 138 Å². The van der Waals surface area contributed by atoms with Gasteiger partial charge in [0, 0.05) is 0 Å². The minimum atomic E-state index is -1.29. The smallest absolute Gasteiger partial charge is 0.335 e. The summed E-state index contributed by atoms with van der Waals surface area (Å²) < 4.78 is 20.5. The summed E-state index contributed by atoms with van der Waals surface area (Å²) in [6.45, 7) is 4.46. The van der Waals surface area contributed by atoms with Crippen LogP contribution >= 0.6 is 0 Å². The van der Waals surface area contributed by atoms with Crippen LogP contribution in [0.15, 0.2) is 12.1 Å². The first-order valence-corrected chi connectivity index (χ1v) is 7.34. The molecule has 0 bridgehead atoms. The highest BCUT2D eigenvalue weighted by atomic mass is 16.6. The molecule has 2 heterocycles. The number of carboxylic acid groups (broad SMARTS) is 1. The summed E-state index contributed by atoms with van der Waals surface area (Å²) in [4.78, 5) is 10.3. The molecule has 4 N–H and O–H groups in total. The van der Waals surface area contributed by atoms with Crippen molar-refractivity contribution in [1.29, 1.82) is 0 Å². The fourth-order valence-electron chi connectivity index (χ4n) is 1.60. The predicted molar refractivity (Wildman–Crippen MR) is 79.5 cm³/mol. The van der Waals surface area contributed by atoms with Gasteiger partial charge in [0.25, 0.3) is 0 Å². The van der Waals surface area contributed by atoms with Gasteiger partial charge < -0.3 is 39.4 Å². The van der Waals surface area contributed by atoms with E-state index in [1.165, 1.54) is 0 Å². The second-order valence-electron chi connectivity index (χ2n) is 5.23. The molecule has 2 unspecified atom stereocenters. The summed E-state index contributed by atoms with van der Waals surface area (Å²) in [5.74, 6) is -3.33. The van der Waals surface area contributed by atoms with E-state index in [1.807, 2.05) is 0 Å². The molecular formula is C15H20O9. The number of hydrogen-bond donors (Lipinski definition) is 4. The average Bonchev–Trinajstić information content (AvgIpc) is 3.43. The Morgan fingerprint density at radius 2 is 1.42 bits per heavy atom. The van der Waals surface area contributed by atoms with E-state index >= 15 is 0 Å². The van der Waals surface area contributed by atoms with Gasteiger partial charge in [-0.1, -0.05) is 0 Å². The minimum Gasteiger partial charge on any atom is -0.504 e. The van der Waals surface area contributed by atoms with Crippen molar-refractivity contribution < 1.29 is 44.2 Å². The molecule has 0 radical (unpaired) electrons. The number of carbonyl (C=O) groups is 1. The molecule has 2 saturated heterocycles. The Kier molecular flexibility index (Phi) is 6.62. The fourth-order valence-corrected chi connectivity index (χ4v) is 1.60. The average molecular weight is 344 g/mol. The third-order valence-corrected chi connectivity index (χ3v) is 3.10. The highest BCUT2D eigenvalue weighted by Gasteiger charge is 2.23. The number of aromatic carboxylic acids is 1. The molecule has 0 spiro atoms. The zero-order valence-electron chi connectivity index (χ0n) is 12.9. The lowest BCUT2D eigenvalue weighted by atomic mass is 10.2. The Hall–Kier alpha value is -2.07. The maximum absolute atomic E-state index is 10.3. The van der Waals surface area contributed by atoms with Gasteiger partial charge in [-0.05, 0) is 12.1 Å². The molecule has 9 heteroatoms. The zero-order chi connectivity index (χ0) is 17.5. The molecular weight excluding hydrogens is 324 g/mol. The standard InChI is InChI=1S/C8H14O4.C7H6O5/c1(9-3-7-5-11-7)2-10-4-8-6-12-8;8-4-1-3(7(11)12)2-5(9)6(4)10/h7-8H,1-6H2;1-2,8-10H,(H,11,12). The van der Waals surface area contributed by atoms with Gasteiger partial charge in [0.05, 0.1) is 45.2 Å². The Morgan fingerprint density at radius 1 is 1.00 bits per heavy atom. The summed E-state index contributed by atoms with van der Waals surface area (Å²) >= 11 is 0. The van der Waals surface area contributed by atoms with E-state index in [9.17, 15) is 4.79 Å². The first-order chi connectivity index (χ1) is 11.5. The van der Waals surface area contributed by atoms with Crippen molar-refractivity contribution >= 4 is 5.97 Å². The van der Waals surface area contributed by atoms with Gasteiger partial charge in [-0.15, -0.1) is 0 Å². The summed E-state index contributed by atoms with van der Waals surface area (Å²) in [5, 5.41) is 35.0. The van der Waals surface area contributed by atoms with Crippen molar-refractivity contribution in [2.24, 2.45) is 0 Å². The third-order valence-electron chi connectivity index (χ3n) is 3.10. The van der Waals surface area contributed by atoms with Crippen molar-refractivity contribution in [3.05, 3.63) is 17.7 Å². The summed E-state index contributed by atoms with van der Waals surface area (Å²) in [5.41, 5.74) is -0.289. The van der Waals surface area contributed by atoms with Crippen LogP contribution in [0.25, 0.3) is 0 Å². The van der Waals surface area contributed by atoms with E-state index in [-0.39, 0.29) is 5.56 Å². The van der Waals surface area contributed by atoms with Gasteiger partial charge in [-0.25, -0.2) is 4.79 Å². The number of phenolic OH excluding ortho intramolecular Hbond substituents is 3. The van der Waals surface area contributed by atoms with Crippen molar-refractivity contribution in [2.45, 2.75) is 12.2 Å². The van der Waals surface area contributed by atoms with E-state index in [1.54, 1.807) is 0 Å². The van der Waals surface area contributed by atoms with Gasteiger partial charge >= 0.3 is 5.97 Å². The molecule has 2 atom stereocenters. The maximum atomic E-state index is 10.3. The molecule has 134 valence electrons. The summed E-state index contributed by atoms with van der Waals surface area (Å²) in [6, 6.07) is 1.69. The first-order valence-electron chi connectivity index (χ1n) is 7.34. The van der Waals surface area contributed by atoms with E-state index in [4.69, 9.17) is 39.4 Å². The first kappa shape index (κ1) is 18.3. The predicted octanol–water partition coefficient (Wildman–Crippen LogP) is 0.319. The van der Waals surface area contributed by atoms with Crippen LogP contribution in [-0.2, 0) is 18.9 Å². The van der Waals surface area contributed by atoms with Gasteiger partial charge in [0.15, 0.2) is 17.2 Å². The van der Waals surface area contributed by atoms with E-state index in [2.05, 4.69) is 0 Å². The number of ether oxygens (including phenoxy) is 4. The number of phenols is 3. The fraction of sp³-hybridized carbons (Fsp3) is 0.533. The van der Waals surface area contributed by atoms with Crippen LogP contribution in [0.5, 0.6) is 17.2 Å². The topological polar surface area (TPSA) is 142 Å². The molecule has 2 aliphatic heterocycles. The second kappa shape index (κ2) is 8.69. The highest BCUT2D eigenvalue weighted by molar-refractivity contribution is 5.89. The van der Waals surface area contributed by atoms with E-state index in [0.29, 0.717) is 38.6 Å². The molecule has 0 saturated carbocycles. The minimum absolute atomic E-state index is 0.289. The highest BCUT2D eigenvalue weighted by Crippen LogP contribution is 2.35. The molecule has 1 aromatic carbocycles. The summed E-state index contributed by atoms with van der Waals surface area (Å²) in [7, 11) is 0. The van der Waals surface area contributed by atoms with Crippen molar-refractivity contribution in [2.75, 3.05) is 39.6 Å². The normalized spacial score (nSPS) is 20.8. The summed E-state index contributed by atoms with van der Waals surface area (Å²) in [6.07, 6.45) is 0.716. The molecule has 24 heavy (non-hydrogen) atoms. The lowest BCUT2D eigenvalue weighted by Gasteiger charge is -2.02. The Morgan fingerprint density at radius 3 is 1.75 bits per heavy atom. The van der Waals surface area contributed by atoms with Crippen LogP contribution < -0.4 is 0 Å². The number of carboxylic acids is 1. The lowest BCUT2D eigenvalue weighted by molar-refractivity contribution is 0.0366. The van der Waals surface area contributed by atoms with Crippen molar-refractivity contribution in [3.8, 4) is 17.2 Å². The van der Waals surface area contributed by atoms with Crippen molar-refractivity contribution in [3.63, 3.8) is 0 Å². The van der Waals surface area contributed by atoms with Crippen LogP contribution in [0.1, 0.15) is 10.4 Å².